The van der Waals surface area contributed by atoms with E-state index >= 15 is 0 Å². The van der Waals surface area contributed by atoms with E-state index in [1.807, 2.05) is 0 Å². The molecule has 0 heterocycles. The number of rotatable bonds is 9. The van der Waals surface area contributed by atoms with Gasteiger partial charge in [0.25, 0.3) is 0 Å². The molecule has 10 rings (SSSR count). The van der Waals surface area contributed by atoms with E-state index in [0.717, 1.165) is 34.1 Å². The summed E-state index contributed by atoms with van der Waals surface area (Å²) >= 11 is 0. The van der Waals surface area contributed by atoms with E-state index in [1.165, 1.54) is 49.3 Å². The first-order chi connectivity index (χ1) is 29.9. The summed E-state index contributed by atoms with van der Waals surface area (Å²) in [6, 6.07) is 82.7. The van der Waals surface area contributed by atoms with E-state index in [-0.39, 0.29) is 0 Å². The lowest BCUT2D eigenvalue weighted by molar-refractivity contribution is 0.769. The topological polar surface area (TPSA) is 6.48 Å². The van der Waals surface area contributed by atoms with Gasteiger partial charge in [-0.2, -0.15) is 0 Å². The quantitative estimate of drug-likeness (QED) is 0.134. The Morgan fingerprint density at radius 3 is 1.32 bits per heavy atom. The van der Waals surface area contributed by atoms with Crippen molar-refractivity contribution in [2.24, 2.45) is 0 Å². The Hall–Kier alpha value is -6.88. The zero-order chi connectivity index (χ0) is 42.0. The number of benzene rings is 9. The Labute approximate surface area is 359 Å². The molecule has 0 unspecified atom stereocenters. The smallest absolute Gasteiger partial charge is 0.0775 e. The molecule has 288 valence electrons. The maximum absolute atomic E-state index is 5.25. The average molecular weight is 788 g/mol. The third-order valence-electron chi connectivity index (χ3n) is 12.1. The summed E-state index contributed by atoms with van der Waals surface area (Å²) in [7, 11) is 2.26. The summed E-state index contributed by atoms with van der Waals surface area (Å²) in [6.07, 6.45) is 0. The predicted octanol–water partition coefficient (Wildman–Crippen LogP) is 14.0. The predicted molar refractivity (Wildman–Crippen MR) is 261 cm³/mol. The second kappa shape index (κ2) is 15.7. The van der Waals surface area contributed by atoms with E-state index in [4.69, 9.17) is 1.34 Å². The van der Waals surface area contributed by atoms with E-state index < -0.39 is 13.5 Å². The van der Waals surface area contributed by atoms with E-state index in [0.29, 0.717) is 0 Å². The summed E-state index contributed by atoms with van der Waals surface area (Å²) < 4.78 is 5.25. The van der Waals surface area contributed by atoms with Crippen molar-refractivity contribution in [1.82, 2.24) is 0 Å². The summed E-state index contributed by atoms with van der Waals surface area (Å²) in [5.41, 5.74) is 13.7. The molecule has 0 N–H and O–H groups in total. The maximum Gasteiger partial charge on any atom is 0.0775 e. The molecule has 0 aromatic heterocycles. The van der Waals surface area contributed by atoms with Crippen LogP contribution in [0.5, 0.6) is 0 Å². The third kappa shape index (κ3) is 6.45. The minimum absolute atomic E-state index is 0.634. The van der Waals surface area contributed by atoms with Crippen molar-refractivity contribution < 1.29 is 0 Å². The Kier molecular flexibility index (Phi) is 9.79. The lowest BCUT2D eigenvalue weighted by Gasteiger charge is -2.36. The Morgan fingerprint density at radius 2 is 0.817 bits per heavy atom. The van der Waals surface area contributed by atoms with Crippen molar-refractivity contribution >= 4 is 66.5 Å². The first kappa shape index (κ1) is 37.4. The molecule has 0 atom stereocenters. The van der Waals surface area contributed by atoms with Crippen molar-refractivity contribution in [3.63, 3.8) is 0 Å². The Balaban J connectivity index is 0.00000235. The highest BCUT2D eigenvalue weighted by Crippen LogP contribution is 2.60. The number of para-hydroxylation sites is 3. The second-order valence-corrected chi connectivity index (χ2v) is 21.6. The van der Waals surface area contributed by atoms with Crippen LogP contribution in [0.1, 0.15) is 22.3 Å². The molecule has 1 aliphatic carbocycles. The van der Waals surface area contributed by atoms with Crippen LogP contribution in [0.2, 0.25) is 19.6 Å². The molecule has 0 spiro atoms. The highest BCUT2D eigenvalue weighted by atomic mass is 28.3. The fraction of sp³-hybridized carbons (Fsp3) is 0.0714. The van der Waals surface area contributed by atoms with E-state index in [9.17, 15) is 0 Å². The molecule has 2 nitrogen and oxygen atoms in total. The number of hydrogen-bond acceptors (Lipinski definition) is 2. The van der Waals surface area contributed by atoms with Crippen molar-refractivity contribution in [2.45, 2.75) is 25.1 Å². The van der Waals surface area contributed by atoms with E-state index in [1.54, 1.807) is 0 Å². The molecule has 9 aromatic carbocycles. The fourth-order valence-electron chi connectivity index (χ4n) is 9.35. The zero-order valence-electron chi connectivity index (χ0n) is 35.3. The summed E-state index contributed by atoms with van der Waals surface area (Å²) in [5.74, 6) is 0. The summed E-state index contributed by atoms with van der Waals surface area (Å²) in [4.78, 5) is 4.85. The van der Waals surface area contributed by atoms with E-state index in [2.05, 4.69) is 262 Å². The third-order valence-corrected chi connectivity index (χ3v) is 14.1. The van der Waals surface area contributed by atoms with Gasteiger partial charge in [0.2, 0.25) is 0 Å². The normalized spacial score (nSPS) is 12.7. The highest BCUT2D eigenvalue weighted by Gasteiger charge is 2.48. The van der Waals surface area contributed by atoms with Crippen LogP contribution in [0.15, 0.2) is 224 Å². The molecule has 0 saturated heterocycles. The van der Waals surface area contributed by atoms with Gasteiger partial charge in [-0.05, 0) is 107 Å². The molecule has 9 aromatic rings. The van der Waals surface area contributed by atoms with Gasteiger partial charge in [0.1, 0.15) is 0 Å². The average Bonchev–Trinajstić information content (AvgIpc) is 3.62. The van der Waals surface area contributed by atoms with Gasteiger partial charge < -0.3 is 9.80 Å². The van der Waals surface area contributed by atoms with Crippen molar-refractivity contribution in [3.8, 4) is 11.1 Å². The minimum atomic E-state index is -1.49. The van der Waals surface area contributed by atoms with Crippen LogP contribution < -0.4 is 15.0 Å². The maximum atomic E-state index is 5.25. The van der Waals surface area contributed by atoms with Crippen molar-refractivity contribution in [2.75, 3.05) is 9.80 Å². The first-order valence-electron chi connectivity index (χ1n) is 21.2. The van der Waals surface area contributed by atoms with Gasteiger partial charge in [-0.15, -0.1) is 0 Å². The van der Waals surface area contributed by atoms with Crippen molar-refractivity contribution in [3.05, 3.63) is 247 Å². The molecule has 0 amide bonds. The standard InChI is InChI=1S/C56H46N2Si.BH/c1-59(2,3)48-36-33-46(34-37-48)57(43-25-13-6-14-26-43)47-35-38-51-52(39-47)56(41-21-9-4-10-22-41,42-23-11-5-12-24-42)53-40-54(49-31-19-20-32-50(49)55(51)53)58(44-27-15-7-16-28-44)45-29-17-8-18-30-45;/h4-40H,1-3H3;1H/i;1D. The first-order valence-corrected chi connectivity index (χ1v) is 24.1. The molecule has 4 heteroatoms. The van der Waals surface area contributed by atoms with Crippen LogP contribution in [0, 0.1) is 0 Å². The Morgan fingerprint density at radius 1 is 0.400 bits per heavy atom. The lowest BCUT2D eigenvalue weighted by Crippen LogP contribution is -2.37. The van der Waals surface area contributed by atoms with Crippen LogP contribution in [0.25, 0.3) is 21.9 Å². The Bertz CT molecular complexity index is 2820. The monoisotopic (exact) mass is 787 g/mol. The van der Waals surface area contributed by atoms with Crippen LogP contribution in [0.4, 0.5) is 34.1 Å². The number of nitrogens with zero attached hydrogens (tertiary/aromatic N) is 2. The van der Waals surface area contributed by atoms with Gasteiger partial charge in [-0.3, -0.25) is 0 Å². The highest BCUT2D eigenvalue weighted by molar-refractivity contribution is 6.88. The molecule has 2 radical (unpaired) electrons. The summed E-state index contributed by atoms with van der Waals surface area (Å²) in [6.45, 7) is 7.24. The minimum Gasteiger partial charge on any atom is -0.310 e. The second-order valence-electron chi connectivity index (χ2n) is 16.6. The largest absolute Gasteiger partial charge is 0.310 e. The summed E-state index contributed by atoms with van der Waals surface area (Å²) in [5, 5.41) is 3.90. The zero-order valence-corrected chi connectivity index (χ0v) is 35.3. The van der Waals surface area contributed by atoms with Crippen LogP contribution >= 0.6 is 0 Å². The molecular weight excluding hydrogens is 740 g/mol. The van der Waals surface area contributed by atoms with Gasteiger partial charge in [0, 0.05) is 42.2 Å². The number of anilines is 6. The van der Waals surface area contributed by atoms with Crippen LogP contribution in [-0.4, -0.2) is 17.8 Å². The SMILES string of the molecule is C[Si](C)(C)c1ccc(N(c2ccccc2)c2ccc3c(c2)C(c2ccccc2)(c2ccccc2)c2cc(N(c4ccccc4)c4ccccc4)c4ccccc4c2-3)cc1.[2H][B]. The van der Waals surface area contributed by atoms with Gasteiger partial charge >= 0.3 is 0 Å². The lowest BCUT2D eigenvalue weighted by atomic mass is 9.67. The number of hydrogen-bond donors (Lipinski definition) is 0. The van der Waals surface area contributed by atoms with Crippen molar-refractivity contribution in [1.29, 1.82) is 1.34 Å². The van der Waals surface area contributed by atoms with Gasteiger partial charge in [0.15, 0.2) is 0 Å². The van der Waals surface area contributed by atoms with Crippen LogP contribution in [-0.2, 0) is 5.41 Å². The van der Waals surface area contributed by atoms with Gasteiger partial charge in [-0.1, -0.05) is 183 Å². The molecule has 0 bridgehead atoms. The molecule has 60 heavy (non-hydrogen) atoms. The van der Waals surface area contributed by atoms with Crippen LogP contribution in [0.3, 0.4) is 0 Å². The molecule has 0 saturated carbocycles. The molecule has 0 aliphatic heterocycles. The number of fused-ring (bicyclic) bond motifs is 5. The molecule has 0 fully saturated rings. The van der Waals surface area contributed by atoms with Gasteiger partial charge in [0.05, 0.1) is 19.2 Å². The molecular formula is C56H47BN2Si. The molecule has 1 aliphatic rings. The fourth-order valence-corrected chi connectivity index (χ4v) is 10.5. The van der Waals surface area contributed by atoms with Gasteiger partial charge in [-0.25, -0.2) is 0 Å².